The molecule has 2 fully saturated rings. The van der Waals surface area contributed by atoms with Crippen LogP contribution in [0.1, 0.15) is 19.8 Å². The average Bonchev–Trinajstić information content (AvgIpc) is 3.11. The molecule has 0 aromatic heterocycles. The highest BCUT2D eigenvalue weighted by Crippen LogP contribution is 2.38. The number of carbonyl (C=O) groups is 1. The predicted molar refractivity (Wildman–Crippen MR) is 61.0 cm³/mol. The van der Waals surface area contributed by atoms with E-state index in [-0.39, 0.29) is 11.9 Å². The highest BCUT2D eigenvalue weighted by atomic mass is 16.3. The van der Waals surface area contributed by atoms with Crippen molar-refractivity contribution in [2.75, 3.05) is 26.2 Å². The number of piperazine rings is 1. The third-order valence-electron chi connectivity index (χ3n) is 3.43. The minimum Gasteiger partial charge on any atom is -0.388 e. The minimum absolute atomic E-state index is 0.0203. The van der Waals surface area contributed by atoms with Crippen LogP contribution in [0.5, 0.6) is 0 Å². The standard InChI is InChI=1S/C11H21N3O2/c1-11(16,8-2-3-8)7-14-10(15)9-6-12-4-5-13-9/h8-9,12-13,16H,2-7H2,1H3,(H,14,15)/t9?,11-/m1/s1. The topological polar surface area (TPSA) is 73.4 Å². The second-order valence-corrected chi connectivity index (χ2v) is 5.06. The van der Waals surface area contributed by atoms with Gasteiger partial charge in [-0.05, 0) is 25.7 Å². The van der Waals surface area contributed by atoms with Gasteiger partial charge in [0, 0.05) is 26.2 Å². The quantitative estimate of drug-likeness (QED) is 0.488. The molecule has 1 aliphatic heterocycles. The molecule has 16 heavy (non-hydrogen) atoms. The van der Waals surface area contributed by atoms with E-state index in [9.17, 15) is 9.90 Å². The van der Waals surface area contributed by atoms with Crippen LogP contribution in [0.3, 0.4) is 0 Å². The molecule has 2 atom stereocenters. The summed E-state index contributed by atoms with van der Waals surface area (Å²) in [6.07, 6.45) is 2.15. The van der Waals surface area contributed by atoms with Crippen molar-refractivity contribution < 1.29 is 9.90 Å². The molecule has 1 amide bonds. The van der Waals surface area contributed by atoms with Crippen molar-refractivity contribution in [3.8, 4) is 0 Å². The van der Waals surface area contributed by atoms with Gasteiger partial charge in [0.1, 0.15) is 0 Å². The summed E-state index contributed by atoms with van der Waals surface area (Å²) in [6.45, 7) is 4.55. The normalized spacial score (nSPS) is 29.5. The van der Waals surface area contributed by atoms with Crippen LogP contribution in [-0.4, -0.2) is 48.8 Å². The maximum Gasteiger partial charge on any atom is 0.238 e. The van der Waals surface area contributed by atoms with Crippen LogP contribution in [0.2, 0.25) is 0 Å². The zero-order valence-corrected chi connectivity index (χ0v) is 9.75. The Morgan fingerprint density at radius 1 is 1.50 bits per heavy atom. The van der Waals surface area contributed by atoms with Gasteiger partial charge in [0.2, 0.25) is 5.91 Å². The maximum atomic E-state index is 11.8. The van der Waals surface area contributed by atoms with Crippen molar-refractivity contribution in [2.45, 2.75) is 31.4 Å². The zero-order chi connectivity index (χ0) is 11.6. The molecule has 5 heteroatoms. The molecule has 1 unspecified atom stereocenters. The second kappa shape index (κ2) is 4.69. The number of hydrogen-bond acceptors (Lipinski definition) is 4. The van der Waals surface area contributed by atoms with Crippen LogP contribution >= 0.6 is 0 Å². The fourth-order valence-corrected chi connectivity index (χ4v) is 2.08. The lowest BCUT2D eigenvalue weighted by atomic mass is 10.0. The smallest absolute Gasteiger partial charge is 0.238 e. The van der Waals surface area contributed by atoms with E-state index in [4.69, 9.17) is 0 Å². The van der Waals surface area contributed by atoms with Gasteiger partial charge in [-0.15, -0.1) is 0 Å². The van der Waals surface area contributed by atoms with E-state index in [0.717, 1.165) is 25.9 Å². The number of amides is 1. The van der Waals surface area contributed by atoms with Gasteiger partial charge in [-0.1, -0.05) is 0 Å². The Bertz CT molecular complexity index is 258. The second-order valence-electron chi connectivity index (χ2n) is 5.06. The van der Waals surface area contributed by atoms with Crippen molar-refractivity contribution in [3.63, 3.8) is 0 Å². The Morgan fingerprint density at radius 3 is 2.81 bits per heavy atom. The van der Waals surface area contributed by atoms with Crippen molar-refractivity contribution in [1.82, 2.24) is 16.0 Å². The number of nitrogens with one attached hydrogen (secondary N) is 3. The first-order valence-electron chi connectivity index (χ1n) is 6.04. The van der Waals surface area contributed by atoms with Gasteiger partial charge < -0.3 is 21.1 Å². The lowest BCUT2D eigenvalue weighted by Crippen LogP contribution is -2.57. The molecule has 2 rings (SSSR count). The highest BCUT2D eigenvalue weighted by molar-refractivity contribution is 5.82. The molecular weight excluding hydrogens is 206 g/mol. The third-order valence-corrected chi connectivity index (χ3v) is 3.43. The van der Waals surface area contributed by atoms with E-state index in [0.29, 0.717) is 19.0 Å². The van der Waals surface area contributed by atoms with Gasteiger partial charge in [0.15, 0.2) is 0 Å². The van der Waals surface area contributed by atoms with Crippen LogP contribution in [0.4, 0.5) is 0 Å². The molecule has 1 aliphatic carbocycles. The summed E-state index contributed by atoms with van der Waals surface area (Å²) in [5.41, 5.74) is -0.738. The molecular formula is C11H21N3O2. The average molecular weight is 227 g/mol. The van der Waals surface area contributed by atoms with E-state index in [1.807, 2.05) is 0 Å². The summed E-state index contributed by atoms with van der Waals surface area (Å²) >= 11 is 0. The van der Waals surface area contributed by atoms with Crippen molar-refractivity contribution in [3.05, 3.63) is 0 Å². The van der Waals surface area contributed by atoms with Crippen LogP contribution in [-0.2, 0) is 4.79 Å². The minimum atomic E-state index is -0.738. The summed E-state index contributed by atoms with van der Waals surface area (Å²) in [7, 11) is 0. The summed E-state index contributed by atoms with van der Waals surface area (Å²) in [5, 5.41) is 19.2. The lowest BCUT2D eigenvalue weighted by Gasteiger charge is -2.27. The fourth-order valence-electron chi connectivity index (χ4n) is 2.08. The maximum absolute atomic E-state index is 11.8. The molecule has 0 bridgehead atoms. The number of rotatable bonds is 4. The molecule has 92 valence electrons. The van der Waals surface area contributed by atoms with E-state index in [1.54, 1.807) is 6.92 Å². The van der Waals surface area contributed by atoms with Gasteiger partial charge in [0.05, 0.1) is 11.6 Å². The van der Waals surface area contributed by atoms with Crippen LogP contribution in [0.15, 0.2) is 0 Å². The Kier molecular flexibility index (Phi) is 3.47. The van der Waals surface area contributed by atoms with Gasteiger partial charge in [-0.25, -0.2) is 0 Å². The predicted octanol–water partition coefficient (Wildman–Crippen LogP) is -1.17. The molecule has 0 aromatic rings. The first-order valence-corrected chi connectivity index (χ1v) is 6.04. The molecule has 1 heterocycles. The fraction of sp³-hybridized carbons (Fsp3) is 0.909. The Balaban J connectivity index is 1.74. The largest absolute Gasteiger partial charge is 0.388 e. The van der Waals surface area contributed by atoms with Crippen LogP contribution < -0.4 is 16.0 Å². The van der Waals surface area contributed by atoms with Gasteiger partial charge >= 0.3 is 0 Å². The summed E-state index contributed by atoms with van der Waals surface area (Å²) < 4.78 is 0. The van der Waals surface area contributed by atoms with Gasteiger partial charge in [-0.3, -0.25) is 4.79 Å². The SMILES string of the molecule is C[C@@](O)(CNC(=O)C1CNCCN1)C1CC1. The monoisotopic (exact) mass is 227 g/mol. The molecule has 4 N–H and O–H groups in total. The molecule has 0 radical (unpaired) electrons. The van der Waals surface area contributed by atoms with E-state index in [2.05, 4.69) is 16.0 Å². The zero-order valence-electron chi connectivity index (χ0n) is 9.75. The highest BCUT2D eigenvalue weighted by Gasteiger charge is 2.40. The number of carbonyl (C=O) groups excluding carboxylic acids is 1. The van der Waals surface area contributed by atoms with Crippen molar-refractivity contribution in [2.24, 2.45) is 5.92 Å². The summed E-state index contributed by atoms with van der Waals surface area (Å²) in [4.78, 5) is 11.8. The van der Waals surface area contributed by atoms with Crippen LogP contribution in [0.25, 0.3) is 0 Å². The van der Waals surface area contributed by atoms with Crippen LogP contribution in [0, 0.1) is 5.92 Å². The van der Waals surface area contributed by atoms with E-state index < -0.39 is 5.60 Å². The third kappa shape index (κ3) is 2.93. The summed E-state index contributed by atoms with van der Waals surface area (Å²) in [6, 6.07) is -0.163. The first-order chi connectivity index (χ1) is 7.59. The van der Waals surface area contributed by atoms with Gasteiger partial charge in [0.25, 0.3) is 0 Å². The molecule has 5 nitrogen and oxygen atoms in total. The molecule has 0 spiro atoms. The lowest BCUT2D eigenvalue weighted by molar-refractivity contribution is -0.124. The Labute approximate surface area is 96.0 Å². The summed E-state index contributed by atoms with van der Waals surface area (Å²) in [5.74, 6) is 0.346. The van der Waals surface area contributed by atoms with Gasteiger partial charge in [-0.2, -0.15) is 0 Å². The van der Waals surface area contributed by atoms with Crippen molar-refractivity contribution in [1.29, 1.82) is 0 Å². The van der Waals surface area contributed by atoms with E-state index in [1.165, 1.54) is 0 Å². The Hall–Kier alpha value is -0.650. The first kappa shape index (κ1) is 11.8. The molecule has 0 aromatic carbocycles. The number of hydrogen-bond donors (Lipinski definition) is 4. The molecule has 2 aliphatic rings. The number of aliphatic hydroxyl groups is 1. The molecule has 1 saturated heterocycles. The molecule has 1 saturated carbocycles. The van der Waals surface area contributed by atoms with E-state index >= 15 is 0 Å². The Morgan fingerprint density at radius 2 is 2.25 bits per heavy atom. The van der Waals surface area contributed by atoms with Crippen molar-refractivity contribution >= 4 is 5.91 Å².